The molecule has 0 radical (unpaired) electrons. The number of aliphatic hydroxyl groups excluding tert-OH is 1. The van der Waals surface area contributed by atoms with Crippen molar-refractivity contribution in [2.75, 3.05) is 17.1 Å². The van der Waals surface area contributed by atoms with Crippen LogP contribution >= 0.6 is 15.9 Å². The van der Waals surface area contributed by atoms with Gasteiger partial charge in [0.1, 0.15) is 0 Å². The fourth-order valence-corrected chi connectivity index (χ4v) is 3.02. The third-order valence-electron chi connectivity index (χ3n) is 2.37. The normalized spacial score (nSPS) is 12.4. The molecule has 0 amide bonds. The third-order valence-corrected chi connectivity index (χ3v) is 4.22. The van der Waals surface area contributed by atoms with E-state index in [-0.39, 0.29) is 29.7 Å². The summed E-state index contributed by atoms with van der Waals surface area (Å²) in [6, 6.07) is 3.18. The lowest BCUT2D eigenvalue weighted by Crippen LogP contribution is -2.20. The summed E-state index contributed by atoms with van der Waals surface area (Å²) in [5.74, 6) is -0.346. The number of aliphatic hydroxyl groups is 1. The molecule has 0 fully saturated rings. The van der Waals surface area contributed by atoms with E-state index >= 15 is 0 Å². The van der Waals surface area contributed by atoms with Crippen LogP contribution < -0.4 is 4.72 Å². The van der Waals surface area contributed by atoms with Crippen LogP contribution in [0.3, 0.4) is 0 Å². The number of halogens is 4. The Labute approximate surface area is 123 Å². The number of unbranched alkanes of at least 4 members (excludes halogenated alkanes) is 1. The van der Waals surface area contributed by atoms with E-state index < -0.39 is 27.5 Å². The Bertz CT molecular complexity index is 561. The van der Waals surface area contributed by atoms with Gasteiger partial charge in [0.25, 0.3) is 0 Å². The van der Waals surface area contributed by atoms with Crippen LogP contribution in [-0.4, -0.2) is 25.9 Å². The lowest BCUT2D eigenvalue weighted by molar-refractivity contribution is -0.136. The van der Waals surface area contributed by atoms with Crippen LogP contribution in [0, 0.1) is 0 Å². The lowest BCUT2D eigenvalue weighted by atomic mass is 10.2. The fourth-order valence-electron chi connectivity index (χ4n) is 1.46. The Morgan fingerprint density at radius 2 is 1.90 bits per heavy atom. The van der Waals surface area contributed by atoms with Crippen molar-refractivity contribution in [2.24, 2.45) is 0 Å². The Balaban J connectivity index is 2.98. The summed E-state index contributed by atoms with van der Waals surface area (Å²) in [6.07, 6.45) is -4.22. The topological polar surface area (TPSA) is 66.4 Å². The van der Waals surface area contributed by atoms with Gasteiger partial charge in [0, 0.05) is 11.1 Å². The first-order valence-electron chi connectivity index (χ1n) is 5.64. The van der Waals surface area contributed by atoms with Crippen molar-refractivity contribution < 1.29 is 26.7 Å². The molecule has 1 aromatic carbocycles. The van der Waals surface area contributed by atoms with Crippen molar-refractivity contribution in [3.8, 4) is 0 Å². The summed E-state index contributed by atoms with van der Waals surface area (Å²) in [7, 11) is -3.88. The first kappa shape index (κ1) is 17.3. The maximum absolute atomic E-state index is 12.8. The molecule has 1 rings (SSSR count). The zero-order valence-corrected chi connectivity index (χ0v) is 12.6. The summed E-state index contributed by atoms with van der Waals surface area (Å²) in [5, 5.41) is 8.56. The van der Waals surface area contributed by atoms with Gasteiger partial charge in [-0.25, -0.2) is 8.42 Å². The highest BCUT2D eigenvalue weighted by Crippen LogP contribution is 2.36. The number of alkyl halides is 3. The highest BCUT2D eigenvalue weighted by Gasteiger charge is 2.34. The van der Waals surface area contributed by atoms with Crippen molar-refractivity contribution in [3.63, 3.8) is 0 Å². The molecule has 0 atom stereocenters. The highest BCUT2D eigenvalue weighted by atomic mass is 79.9. The second-order valence-corrected chi connectivity index (χ2v) is 6.80. The Hall–Kier alpha value is -0.800. The number of hydrogen-bond acceptors (Lipinski definition) is 3. The number of anilines is 1. The Morgan fingerprint density at radius 1 is 1.25 bits per heavy atom. The van der Waals surface area contributed by atoms with Crippen LogP contribution in [0.5, 0.6) is 0 Å². The summed E-state index contributed by atoms with van der Waals surface area (Å²) in [6.45, 7) is -0.165. The summed E-state index contributed by atoms with van der Waals surface area (Å²) in [4.78, 5) is 0. The van der Waals surface area contributed by atoms with E-state index in [2.05, 4.69) is 15.9 Å². The second kappa shape index (κ2) is 6.77. The molecule has 4 nitrogen and oxygen atoms in total. The largest absolute Gasteiger partial charge is 0.418 e. The zero-order valence-electron chi connectivity index (χ0n) is 10.2. The predicted molar refractivity (Wildman–Crippen MR) is 72.9 cm³/mol. The van der Waals surface area contributed by atoms with Crippen molar-refractivity contribution in [1.29, 1.82) is 0 Å². The molecule has 114 valence electrons. The van der Waals surface area contributed by atoms with Crippen molar-refractivity contribution >= 4 is 31.6 Å². The molecule has 0 heterocycles. The molecule has 0 spiro atoms. The molecule has 0 saturated heterocycles. The van der Waals surface area contributed by atoms with Gasteiger partial charge in [-0.1, -0.05) is 15.9 Å². The van der Waals surface area contributed by atoms with Crippen LogP contribution in [0.15, 0.2) is 22.7 Å². The zero-order chi connectivity index (χ0) is 15.4. The molecule has 0 aromatic heterocycles. The van der Waals surface area contributed by atoms with Gasteiger partial charge >= 0.3 is 6.18 Å². The molecule has 0 unspecified atom stereocenters. The van der Waals surface area contributed by atoms with Gasteiger partial charge < -0.3 is 5.11 Å². The van der Waals surface area contributed by atoms with E-state index in [1.165, 1.54) is 6.07 Å². The van der Waals surface area contributed by atoms with Crippen LogP contribution in [0.25, 0.3) is 0 Å². The molecule has 0 aliphatic heterocycles. The SMILES string of the molecule is O=S(=O)(CCCCO)Nc1ccc(Br)cc1C(F)(F)F. The Kier molecular flexibility index (Phi) is 5.84. The molecule has 1 aromatic rings. The molecule has 0 saturated carbocycles. The van der Waals surface area contributed by atoms with Gasteiger partial charge in [0.15, 0.2) is 0 Å². The van der Waals surface area contributed by atoms with E-state index in [9.17, 15) is 21.6 Å². The summed E-state index contributed by atoms with van der Waals surface area (Å²) >= 11 is 2.91. The first-order valence-corrected chi connectivity index (χ1v) is 8.08. The number of hydrogen-bond donors (Lipinski definition) is 2. The third kappa shape index (κ3) is 5.29. The second-order valence-electron chi connectivity index (χ2n) is 4.04. The minimum Gasteiger partial charge on any atom is -0.396 e. The van der Waals surface area contributed by atoms with Crippen LogP contribution in [0.1, 0.15) is 18.4 Å². The van der Waals surface area contributed by atoms with Crippen molar-refractivity contribution in [1.82, 2.24) is 0 Å². The lowest BCUT2D eigenvalue weighted by Gasteiger charge is -2.15. The quantitative estimate of drug-likeness (QED) is 0.751. The molecule has 0 aliphatic rings. The van der Waals surface area contributed by atoms with Crippen molar-refractivity contribution in [3.05, 3.63) is 28.2 Å². The first-order chi connectivity index (χ1) is 9.15. The minimum absolute atomic E-state index is 0.165. The number of nitrogens with one attached hydrogen (secondary N) is 1. The monoisotopic (exact) mass is 375 g/mol. The summed E-state index contributed by atoms with van der Waals surface area (Å²) in [5.41, 5.74) is -1.57. The van der Waals surface area contributed by atoms with E-state index in [0.717, 1.165) is 12.1 Å². The number of rotatable bonds is 6. The van der Waals surface area contributed by atoms with Crippen molar-refractivity contribution in [2.45, 2.75) is 19.0 Å². The standard InChI is InChI=1S/C11H13BrF3NO3S/c12-8-3-4-10(9(7-8)11(13,14)15)16-20(18,19)6-2-1-5-17/h3-4,7,16-17H,1-2,5-6H2. The van der Waals surface area contributed by atoms with E-state index in [4.69, 9.17) is 5.11 Å². The molecule has 20 heavy (non-hydrogen) atoms. The number of sulfonamides is 1. The van der Waals surface area contributed by atoms with Crippen LogP contribution in [0.4, 0.5) is 18.9 Å². The number of benzene rings is 1. The minimum atomic E-state index is -4.66. The Morgan fingerprint density at radius 3 is 2.45 bits per heavy atom. The van der Waals surface area contributed by atoms with Gasteiger partial charge in [0.2, 0.25) is 10.0 Å². The average Bonchev–Trinajstić information content (AvgIpc) is 2.30. The maximum atomic E-state index is 12.8. The van der Waals surface area contributed by atoms with Gasteiger partial charge in [-0.15, -0.1) is 0 Å². The van der Waals surface area contributed by atoms with Crippen LogP contribution in [0.2, 0.25) is 0 Å². The van der Waals surface area contributed by atoms with Crippen LogP contribution in [-0.2, 0) is 16.2 Å². The fraction of sp³-hybridized carbons (Fsp3) is 0.455. The molecular formula is C11H13BrF3NO3S. The smallest absolute Gasteiger partial charge is 0.396 e. The van der Waals surface area contributed by atoms with E-state index in [1.54, 1.807) is 0 Å². The van der Waals surface area contributed by atoms with E-state index in [1.807, 2.05) is 4.72 Å². The molecule has 0 aliphatic carbocycles. The molecule has 9 heteroatoms. The molecule has 0 bridgehead atoms. The molecular weight excluding hydrogens is 363 g/mol. The highest BCUT2D eigenvalue weighted by molar-refractivity contribution is 9.10. The van der Waals surface area contributed by atoms with E-state index in [0.29, 0.717) is 0 Å². The average molecular weight is 376 g/mol. The predicted octanol–water partition coefficient (Wildman–Crippen LogP) is 2.98. The van der Waals surface area contributed by atoms with Gasteiger partial charge in [-0.3, -0.25) is 4.72 Å². The van der Waals surface area contributed by atoms with Gasteiger partial charge in [-0.05, 0) is 31.0 Å². The summed E-state index contributed by atoms with van der Waals surface area (Å²) < 4.78 is 63.9. The molecule has 2 N–H and O–H groups in total. The van der Waals surface area contributed by atoms with Gasteiger partial charge in [-0.2, -0.15) is 13.2 Å². The maximum Gasteiger partial charge on any atom is 0.418 e. The van der Waals surface area contributed by atoms with Gasteiger partial charge in [0.05, 0.1) is 17.0 Å².